The van der Waals surface area contributed by atoms with Crippen LogP contribution in [-0.4, -0.2) is 61.3 Å². The van der Waals surface area contributed by atoms with Crippen molar-refractivity contribution in [1.82, 2.24) is 9.80 Å². The molecule has 1 aliphatic carbocycles. The minimum absolute atomic E-state index is 0.533. The highest BCUT2D eigenvalue weighted by molar-refractivity contribution is 4.83. The fraction of sp³-hybridized carbons (Fsp3) is 1.00. The number of hydrogen-bond acceptors (Lipinski definition) is 3. The zero-order valence-corrected chi connectivity index (χ0v) is 16.7. The molecule has 0 aromatic carbocycles. The molecule has 0 amide bonds. The zero-order valence-electron chi connectivity index (χ0n) is 16.7. The number of hydrogen-bond donors (Lipinski definition) is 0. The maximum absolute atomic E-state index is 6.01. The lowest BCUT2D eigenvalue weighted by Gasteiger charge is -2.42. The van der Waals surface area contributed by atoms with Crippen molar-refractivity contribution in [2.75, 3.05) is 39.3 Å². The maximum Gasteiger partial charge on any atom is 0.0576 e. The van der Waals surface area contributed by atoms with E-state index in [4.69, 9.17) is 4.74 Å². The minimum Gasteiger partial charge on any atom is -0.378 e. The molecule has 1 aliphatic heterocycles. The summed E-state index contributed by atoms with van der Waals surface area (Å²) >= 11 is 0. The molecular weight excluding hydrogens is 284 g/mol. The van der Waals surface area contributed by atoms with Crippen LogP contribution < -0.4 is 0 Å². The highest BCUT2D eigenvalue weighted by Gasteiger charge is 2.28. The normalized spacial score (nSPS) is 27.1. The Labute approximate surface area is 145 Å². The molecule has 2 fully saturated rings. The Hall–Kier alpha value is -0.120. The lowest BCUT2D eigenvalue weighted by atomic mass is 9.91. The van der Waals surface area contributed by atoms with Crippen molar-refractivity contribution in [1.29, 1.82) is 0 Å². The van der Waals surface area contributed by atoms with E-state index in [9.17, 15) is 0 Å². The summed E-state index contributed by atoms with van der Waals surface area (Å²) in [6.45, 7) is 20.4. The van der Waals surface area contributed by atoms with E-state index in [0.29, 0.717) is 12.0 Å². The SMILES string of the molecule is CC.CC(C)COC1CCC(N2CCN(CC(C)C)CC2)CC1. The average molecular weight is 327 g/mol. The molecule has 0 N–H and O–H groups in total. The molecule has 2 aliphatic rings. The van der Waals surface area contributed by atoms with E-state index in [1.807, 2.05) is 13.8 Å². The van der Waals surface area contributed by atoms with Gasteiger partial charge in [-0.3, -0.25) is 4.90 Å². The van der Waals surface area contributed by atoms with Gasteiger partial charge in [-0.05, 0) is 37.5 Å². The van der Waals surface area contributed by atoms with Gasteiger partial charge >= 0.3 is 0 Å². The van der Waals surface area contributed by atoms with Crippen molar-refractivity contribution < 1.29 is 4.74 Å². The maximum atomic E-state index is 6.01. The molecule has 1 saturated carbocycles. The van der Waals surface area contributed by atoms with Gasteiger partial charge in [0.1, 0.15) is 0 Å². The van der Waals surface area contributed by atoms with Crippen molar-refractivity contribution in [3.05, 3.63) is 0 Å². The van der Waals surface area contributed by atoms with Crippen LogP contribution in [0.1, 0.15) is 67.2 Å². The highest BCUT2D eigenvalue weighted by Crippen LogP contribution is 2.26. The van der Waals surface area contributed by atoms with E-state index in [1.54, 1.807) is 0 Å². The molecule has 0 unspecified atom stereocenters. The Morgan fingerprint density at radius 2 is 1.39 bits per heavy atom. The monoisotopic (exact) mass is 326 g/mol. The molecule has 0 bridgehead atoms. The summed E-state index contributed by atoms with van der Waals surface area (Å²) in [5.74, 6) is 1.46. The molecule has 0 aromatic heterocycles. The van der Waals surface area contributed by atoms with Crippen molar-refractivity contribution in [2.45, 2.75) is 79.4 Å². The first-order valence-corrected chi connectivity index (χ1v) is 10.1. The van der Waals surface area contributed by atoms with Crippen LogP contribution in [0.15, 0.2) is 0 Å². The third-order valence-electron chi connectivity index (χ3n) is 4.86. The number of piperazine rings is 1. The number of rotatable bonds is 6. The summed E-state index contributed by atoms with van der Waals surface area (Å²) in [5, 5.41) is 0. The molecule has 2 rings (SSSR count). The predicted octanol–water partition coefficient (Wildman–Crippen LogP) is 4.27. The lowest BCUT2D eigenvalue weighted by molar-refractivity contribution is -0.0114. The molecule has 138 valence electrons. The van der Waals surface area contributed by atoms with Crippen LogP contribution in [0.4, 0.5) is 0 Å². The van der Waals surface area contributed by atoms with Crippen molar-refractivity contribution >= 4 is 0 Å². The van der Waals surface area contributed by atoms with Gasteiger partial charge in [0, 0.05) is 45.4 Å². The van der Waals surface area contributed by atoms with Gasteiger partial charge in [0.2, 0.25) is 0 Å². The van der Waals surface area contributed by atoms with Gasteiger partial charge in [0.25, 0.3) is 0 Å². The van der Waals surface area contributed by atoms with E-state index in [2.05, 4.69) is 37.5 Å². The Morgan fingerprint density at radius 3 is 1.87 bits per heavy atom. The molecule has 0 atom stereocenters. The smallest absolute Gasteiger partial charge is 0.0576 e. The van der Waals surface area contributed by atoms with Crippen LogP contribution >= 0.6 is 0 Å². The minimum atomic E-state index is 0.533. The van der Waals surface area contributed by atoms with Crippen LogP contribution in [0.3, 0.4) is 0 Å². The molecule has 1 heterocycles. The quantitative estimate of drug-likeness (QED) is 0.725. The summed E-state index contributed by atoms with van der Waals surface area (Å²) in [4.78, 5) is 5.38. The van der Waals surface area contributed by atoms with Crippen molar-refractivity contribution in [3.63, 3.8) is 0 Å². The fourth-order valence-electron chi connectivity index (χ4n) is 3.73. The molecule has 1 saturated heterocycles. The summed E-state index contributed by atoms with van der Waals surface area (Å²) in [5.41, 5.74) is 0. The van der Waals surface area contributed by atoms with E-state index < -0.39 is 0 Å². The van der Waals surface area contributed by atoms with Gasteiger partial charge < -0.3 is 9.64 Å². The highest BCUT2D eigenvalue weighted by atomic mass is 16.5. The Kier molecular flexibility index (Phi) is 10.4. The van der Waals surface area contributed by atoms with Gasteiger partial charge in [-0.15, -0.1) is 0 Å². The van der Waals surface area contributed by atoms with Gasteiger partial charge in [0.05, 0.1) is 6.10 Å². The molecule has 0 aromatic rings. The molecule has 3 heteroatoms. The first-order valence-electron chi connectivity index (χ1n) is 10.1. The second kappa shape index (κ2) is 11.4. The summed E-state index contributed by atoms with van der Waals surface area (Å²) < 4.78 is 6.01. The van der Waals surface area contributed by atoms with Crippen LogP contribution in [0.5, 0.6) is 0 Å². The van der Waals surface area contributed by atoms with Gasteiger partial charge in [-0.25, -0.2) is 0 Å². The van der Waals surface area contributed by atoms with E-state index in [-0.39, 0.29) is 0 Å². The first-order chi connectivity index (χ1) is 11.0. The molecule has 0 radical (unpaired) electrons. The van der Waals surface area contributed by atoms with Crippen LogP contribution in [0.25, 0.3) is 0 Å². The molecule has 0 spiro atoms. The van der Waals surface area contributed by atoms with Gasteiger partial charge in [-0.1, -0.05) is 41.5 Å². The molecular formula is C20H42N2O. The average Bonchev–Trinajstić information content (AvgIpc) is 2.55. The van der Waals surface area contributed by atoms with Crippen LogP contribution in [0.2, 0.25) is 0 Å². The second-order valence-electron chi connectivity index (χ2n) is 7.89. The van der Waals surface area contributed by atoms with Crippen molar-refractivity contribution in [3.8, 4) is 0 Å². The van der Waals surface area contributed by atoms with Crippen molar-refractivity contribution in [2.24, 2.45) is 11.8 Å². The van der Waals surface area contributed by atoms with Crippen LogP contribution in [0, 0.1) is 11.8 Å². The second-order valence-corrected chi connectivity index (χ2v) is 7.89. The molecule has 23 heavy (non-hydrogen) atoms. The lowest BCUT2D eigenvalue weighted by Crippen LogP contribution is -2.52. The standard InChI is InChI=1S/C18H36N2O.C2H6/c1-15(2)13-19-9-11-20(12-10-19)17-5-7-18(8-6-17)21-14-16(3)4;1-2/h15-18H,5-14H2,1-4H3;1-2H3. The topological polar surface area (TPSA) is 15.7 Å². The fourth-order valence-corrected chi connectivity index (χ4v) is 3.73. The van der Waals surface area contributed by atoms with E-state index >= 15 is 0 Å². The third-order valence-corrected chi connectivity index (χ3v) is 4.86. The number of nitrogens with zero attached hydrogens (tertiary/aromatic N) is 2. The zero-order chi connectivity index (χ0) is 17.2. The van der Waals surface area contributed by atoms with Gasteiger partial charge in [-0.2, -0.15) is 0 Å². The van der Waals surface area contributed by atoms with E-state index in [1.165, 1.54) is 58.4 Å². The third kappa shape index (κ3) is 8.00. The van der Waals surface area contributed by atoms with E-state index in [0.717, 1.165) is 18.6 Å². The Morgan fingerprint density at radius 1 is 0.826 bits per heavy atom. The number of ether oxygens (including phenoxy) is 1. The summed E-state index contributed by atoms with van der Waals surface area (Å²) in [7, 11) is 0. The summed E-state index contributed by atoms with van der Waals surface area (Å²) in [6, 6.07) is 0.824. The molecule has 3 nitrogen and oxygen atoms in total. The summed E-state index contributed by atoms with van der Waals surface area (Å²) in [6.07, 6.45) is 5.75. The Balaban J connectivity index is 0.00000127. The van der Waals surface area contributed by atoms with Gasteiger partial charge in [0.15, 0.2) is 0 Å². The first kappa shape index (κ1) is 20.9. The Bertz CT molecular complexity index is 277. The predicted molar refractivity (Wildman–Crippen MR) is 101 cm³/mol. The largest absolute Gasteiger partial charge is 0.378 e. The van der Waals surface area contributed by atoms with Crippen LogP contribution in [-0.2, 0) is 4.74 Å².